The van der Waals surface area contributed by atoms with Crippen LogP contribution in [0.4, 0.5) is 10.1 Å². The van der Waals surface area contributed by atoms with E-state index in [-0.39, 0.29) is 5.82 Å². The van der Waals surface area contributed by atoms with Crippen molar-refractivity contribution in [1.29, 1.82) is 0 Å². The summed E-state index contributed by atoms with van der Waals surface area (Å²) < 4.78 is 13.2. The van der Waals surface area contributed by atoms with E-state index in [1.54, 1.807) is 6.92 Å². The second kappa shape index (κ2) is 5.28. The van der Waals surface area contributed by atoms with Gasteiger partial charge in [0.1, 0.15) is 5.82 Å². The molecule has 1 saturated carbocycles. The lowest BCUT2D eigenvalue weighted by molar-refractivity contribution is 0.374. The first-order valence-electron chi connectivity index (χ1n) is 7.21. The number of benzene rings is 2. The maximum atomic E-state index is 13.2. The predicted octanol–water partition coefficient (Wildman–Crippen LogP) is 4.80. The van der Waals surface area contributed by atoms with E-state index in [2.05, 4.69) is 36.5 Å². The Hall–Kier alpha value is -1.83. The summed E-state index contributed by atoms with van der Waals surface area (Å²) in [6, 6.07) is 14.6. The Kier molecular flexibility index (Phi) is 3.47. The summed E-state index contributed by atoms with van der Waals surface area (Å²) in [7, 11) is 0. The van der Waals surface area contributed by atoms with Gasteiger partial charge in [-0.2, -0.15) is 0 Å². The highest BCUT2D eigenvalue weighted by molar-refractivity contribution is 5.47. The van der Waals surface area contributed by atoms with Crippen LogP contribution in [-0.4, -0.2) is 6.04 Å². The number of halogens is 1. The third kappa shape index (κ3) is 2.69. The molecule has 0 radical (unpaired) electrons. The van der Waals surface area contributed by atoms with E-state index in [1.807, 2.05) is 12.1 Å². The molecule has 0 atom stereocenters. The Morgan fingerprint density at radius 1 is 1.00 bits per heavy atom. The molecule has 1 aliphatic carbocycles. The first-order valence-corrected chi connectivity index (χ1v) is 7.21. The average Bonchev–Trinajstić information content (AvgIpc) is 2.39. The molecule has 1 fully saturated rings. The molecule has 0 amide bonds. The lowest BCUT2D eigenvalue weighted by atomic mass is 9.75. The zero-order chi connectivity index (χ0) is 14.1. The molecule has 0 saturated heterocycles. The van der Waals surface area contributed by atoms with Crippen molar-refractivity contribution in [3.05, 3.63) is 65.0 Å². The Balaban J connectivity index is 1.58. The standard InChI is InChI=1S/C18H20FN/c1-12-3-5-14(6-4-12)15-10-17(11-15)20-16-7-8-18(19)13(2)9-16/h3-9,15,17,20H,10-11H2,1-2H3. The molecule has 2 heteroatoms. The highest BCUT2D eigenvalue weighted by Gasteiger charge is 2.30. The van der Waals surface area contributed by atoms with Gasteiger partial charge in [0.05, 0.1) is 0 Å². The summed E-state index contributed by atoms with van der Waals surface area (Å²) in [4.78, 5) is 0. The van der Waals surface area contributed by atoms with Gasteiger partial charge in [0, 0.05) is 11.7 Å². The predicted molar refractivity (Wildman–Crippen MR) is 81.7 cm³/mol. The fourth-order valence-electron chi connectivity index (χ4n) is 2.82. The SMILES string of the molecule is Cc1ccc(C2CC(Nc3ccc(F)c(C)c3)C2)cc1. The molecule has 0 spiro atoms. The first kappa shape index (κ1) is 13.2. The smallest absolute Gasteiger partial charge is 0.126 e. The zero-order valence-corrected chi connectivity index (χ0v) is 12.0. The zero-order valence-electron chi connectivity index (χ0n) is 12.0. The molecule has 1 aliphatic rings. The Morgan fingerprint density at radius 3 is 2.35 bits per heavy atom. The highest BCUT2D eigenvalue weighted by Crippen LogP contribution is 2.38. The molecule has 0 aliphatic heterocycles. The van der Waals surface area contributed by atoms with Crippen LogP contribution in [0.3, 0.4) is 0 Å². The number of nitrogens with one attached hydrogen (secondary N) is 1. The van der Waals surface area contributed by atoms with Crippen LogP contribution in [0.5, 0.6) is 0 Å². The number of rotatable bonds is 3. The first-order chi connectivity index (χ1) is 9.61. The van der Waals surface area contributed by atoms with Gasteiger partial charge in [-0.05, 0) is 61.9 Å². The highest BCUT2D eigenvalue weighted by atomic mass is 19.1. The van der Waals surface area contributed by atoms with E-state index in [0.717, 1.165) is 18.5 Å². The number of hydrogen-bond acceptors (Lipinski definition) is 1. The van der Waals surface area contributed by atoms with Gasteiger partial charge >= 0.3 is 0 Å². The molecule has 1 nitrogen and oxygen atoms in total. The topological polar surface area (TPSA) is 12.0 Å². The Labute approximate surface area is 119 Å². The van der Waals surface area contributed by atoms with Crippen molar-refractivity contribution in [3.8, 4) is 0 Å². The average molecular weight is 269 g/mol. The van der Waals surface area contributed by atoms with Gasteiger partial charge in [-0.3, -0.25) is 0 Å². The molecule has 3 rings (SSSR count). The van der Waals surface area contributed by atoms with Gasteiger partial charge in [0.2, 0.25) is 0 Å². The Bertz CT molecular complexity index is 597. The molecule has 2 aromatic carbocycles. The summed E-state index contributed by atoms with van der Waals surface area (Å²) >= 11 is 0. The van der Waals surface area contributed by atoms with Crippen LogP contribution in [0, 0.1) is 19.7 Å². The molecule has 1 N–H and O–H groups in total. The maximum absolute atomic E-state index is 13.2. The second-order valence-corrected chi connectivity index (χ2v) is 5.88. The van der Waals surface area contributed by atoms with E-state index in [0.29, 0.717) is 17.5 Å². The lowest BCUT2D eigenvalue weighted by Gasteiger charge is -2.37. The van der Waals surface area contributed by atoms with Crippen LogP contribution in [0.1, 0.15) is 35.4 Å². The number of anilines is 1. The summed E-state index contributed by atoms with van der Waals surface area (Å²) in [5.41, 5.74) is 4.47. The molecular weight excluding hydrogens is 249 g/mol. The maximum Gasteiger partial charge on any atom is 0.126 e. The van der Waals surface area contributed by atoms with Gasteiger partial charge in [-0.25, -0.2) is 4.39 Å². The largest absolute Gasteiger partial charge is 0.382 e. The third-order valence-electron chi connectivity index (χ3n) is 4.22. The Morgan fingerprint density at radius 2 is 1.70 bits per heavy atom. The van der Waals surface area contributed by atoms with E-state index < -0.39 is 0 Å². The van der Waals surface area contributed by atoms with Gasteiger partial charge in [0.25, 0.3) is 0 Å². The van der Waals surface area contributed by atoms with Crippen LogP contribution >= 0.6 is 0 Å². The molecule has 0 heterocycles. The molecule has 0 bridgehead atoms. The summed E-state index contributed by atoms with van der Waals surface area (Å²) in [6.45, 7) is 3.92. The van der Waals surface area contributed by atoms with Crippen LogP contribution in [-0.2, 0) is 0 Å². The van der Waals surface area contributed by atoms with Crippen molar-refractivity contribution in [2.24, 2.45) is 0 Å². The van der Waals surface area contributed by atoms with E-state index in [1.165, 1.54) is 17.2 Å². The van der Waals surface area contributed by atoms with Crippen molar-refractivity contribution >= 4 is 5.69 Å². The number of hydrogen-bond donors (Lipinski definition) is 1. The van der Waals surface area contributed by atoms with Crippen LogP contribution < -0.4 is 5.32 Å². The summed E-state index contributed by atoms with van der Waals surface area (Å²) in [5, 5.41) is 3.49. The molecule has 0 unspecified atom stereocenters. The molecule has 2 aromatic rings. The minimum Gasteiger partial charge on any atom is -0.382 e. The van der Waals surface area contributed by atoms with Gasteiger partial charge < -0.3 is 5.32 Å². The van der Waals surface area contributed by atoms with E-state index >= 15 is 0 Å². The van der Waals surface area contributed by atoms with Gasteiger partial charge in [-0.1, -0.05) is 29.8 Å². The van der Waals surface area contributed by atoms with Crippen molar-refractivity contribution in [1.82, 2.24) is 0 Å². The molecule has 104 valence electrons. The third-order valence-corrected chi connectivity index (χ3v) is 4.22. The lowest BCUT2D eigenvalue weighted by Crippen LogP contribution is -2.34. The fraction of sp³-hybridized carbons (Fsp3) is 0.333. The van der Waals surface area contributed by atoms with Crippen molar-refractivity contribution in [2.45, 2.75) is 38.6 Å². The van der Waals surface area contributed by atoms with Gasteiger partial charge in [0.15, 0.2) is 0 Å². The fourth-order valence-corrected chi connectivity index (χ4v) is 2.82. The van der Waals surface area contributed by atoms with Crippen LogP contribution in [0.2, 0.25) is 0 Å². The second-order valence-electron chi connectivity index (χ2n) is 5.88. The van der Waals surface area contributed by atoms with Crippen molar-refractivity contribution in [3.63, 3.8) is 0 Å². The minimum atomic E-state index is -0.137. The number of aryl methyl sites for hydroxylation is 2. The molecular formula is C18H20FN. The summed E-state index contributed by atoms with van der Waals surface area (Å²) in [6.07, 6.45) is 2.30. The monoisotopic (exact) mass is 269 g/mol. The van der Waals surface area contributed by atoms with E-state index in [9.17, 15) is 4.39 Å². The van der Waals surface area contributed by atoms with Crippen LogP contribution in [0.25, 0.3) is 0 Å². The van der Waals surface area contributed by atoms with Crippen molar-refractivity contribution < 1.29 is 4.39 Å². The van der Waals surface area contributed by atoms with Crippen LogP contribution in [0.15, 0.2) is 42.5 Å². The minimum absolute atomic E-state index is 0.137. The normalized spacial score (nSPS) is 21.4. The summed E-state index contributed by atoms with van der Waals surface area (Å²) in [5.74, 6) is 0.524. The quantitative estimate of drug-likeness (QED) is 0.844. The molecule has 0 aromatic heterocycles. The molecule has 20 heavy (non-hydrogen) atoms. The van der Waals surface area contributed by atoms with E-state index in [4.69, 9.17) is 0 Å². The van der Waals surface area contributed by atoms with Gasteiger partial charge in [-0.15, -0.1) is 0 Å². The van der Waals surface area contributed by atoms with Crippen molar-refractivity contribution in [2.75, 3.05) is 5.32 Å².